The van der Waals surface area contributed by atoms with Crippen LogP contribution in [0, 0.1) is 5.92 Å². The highest BCUT2D eigenvalue weighted by Crippen LogP contribution is 2.31. The molecule has 0 spiro atoms. The Morgan fingerprint density at radius 3 is 2.58 bits per heavy atom. The van der Waals surface area contributed by atoms with Gasteiger partial charge < -0.3 is 14.7 Å². The molecule has 1 saturated heterocycles. The quantitative estimate of drug-likeness (QED) is 0.808. The first-order valence-electron chi connectivity index (χ1n) is 9.27. The SMILES string of the molecule is COc1ccc(C2CCCCCN2C(=O)CN(C)CC(C)C(=O)O)cc1. The van der Waals surface area contributed by atoms with Gasteiger partial charge in [-0.3, -0.25) is 14.5 Å². The summed E-state index contributed by atoms with van der Waals surface area (Å²) in [6.45, 7) is 3.01. The highest BCUT2D eigenvalue weighted by Gasteiger charge is 2.27. The third kappa shape index (κ3) is 5.46. The fourth-order valence-electron chi connectivity index (χ4n) is 3.51. The summed E-state index contributed by atoms with van der Waals surface area (Å²) in [7, 11) is 3.45. The Labute approximate surface area is 155 Å². The van der Waals surface area contributed by atoms with Crippen molar-refractivity contribution >= 4 is 11.9 Å². The topological polar surface area (TPSA) is 70.1 Å². The van der Waals surface area contributed by atoms with E-state index < -0.39 is 11.9 Å². The molecule has 2 unspecified atom stereocenters. The molecule has 1 heterocycles. The molecule has 0 radical (unpaired) electrons. The van der Waals surface area contributed by atoms with Gasteiger partial charge in [-0.1, -0.05) is 31.9 Å². The first-order chi connectivity index (χ1) is 12.4. The normalized spacial score (nSPS) is 19.1. The Morgan fingerprint density at radius 1 is 1.27 bits per heavy atom. The number of amides is 1. The van der Waals surface area contributed by atoms with E-state index in [9.17, 15) is 9.59 Å². The summed E-state index contributed by atoms with van der Waals surface area (Å²) >= 11 is 0. The van der Waals surface area contributed by atoms with Crippen molar-refractivity contribution in [2.45, 2.75) is 38.6 Å². The van der Waals surface area contributed by atoms with Crippen LogP contribution in [0.1, 0.15) is 44.2 Å². The van der Waals surface area contributed by atoms with E-state index in [-0.39, 0.29) is 18.5 Å². The third-order valence-electron chi connectivity index (χ3n) is 4.99. The molecular weight excluding hydrogens is 332 g/mol. The molecule has 1 aromatic rings. The molecular formula is C20H30N2O4. The van der Waals surface area contributed by atoms with Crippen molar-refractivity contribution in [3.8, 4) is 5.75 Å². The lowest BCUT2D eigenvalue weighted by Crippen LogP contribution is -2.42. The number of aliphatic carboxylic acids is 1. The van der Waals surface area contributed by atoms with Crippen LogP contribution in [0.4, 0.5) is 0 Å². The number of carboxylic acid groups (broad SMARTS) is 1. The van der Waals surface area contributed by atoms with Gasteiger partial charge in [0.15, 0.2) is 0 Å². The minimum Gasteiger partial charge on any atom is -0.497 e. The van der Waals surface area contributed by atoms with E-state index >= 15 is 0 Å². The summed E-state index contributed by atoms with van der Waals surface area (Å²) in [5.41, 5.74) is 1.13. The number of hydrogen-bond donors (Lipinski definition) is 1. The number of ether oxygens (including phenoxy) is 1. The van der Waals surface area contributed by atoms with Gasteiger partial charge >= 0.3 is 5.97 Å². The van der Waals surface area contributed by atoms with Gasteiger partial charge in [-0.05, 0) is 37.6 Å². The third-order valence-corrected chi connectivity index (χ3v) is 4.99. The first kappa shape index (κ1) is 20.2. The van der Waals surface area contributed by atoms with Crippen molar-refractivity contribution in [3.05, 3.63) is 29.8 Å². The summed E-state index contributed by atoms with van der Waals surface area (Å²) in [5, 5.41) is 9.05. The molecule has 2 rings (SSSR count). The molecule has 0 saturated carbocycles. The van der Waals surface area contributed by atoms with Gasteiger partial charge in [0.05, 0.1) is 25.6 Å². The van der Waals surface area contributed by atoms with Crippen LogP contribution in [-0.4, -0.2) is 60.6 Å². The van der Waals surface area contributed by atoms with Crippen LogP contribution in [-0.2, 0) is 9.59 Å². The largest absolute Gasteiger partial charge is 0.497 e. The maximum Gasteiger partial charge on any atom is 0.307 e. The van der Waals surface area contributed by atoms with Crippen molar-refractivity contribution in [2.24, 2.45) is 5.92 Å². The predicted molar refractivity (Wildman–Crippen MR) is 100 cm³/mol. The summed E-state index contributed by atoms with van der Waals surface area (Å²) in [4.78, 5) is 27.7. The average molecular weight is 362 g/mol. The number of benzene rings is 1. The fraction of sp³-hybridized carbons (Fsp3) is 0.600. The molecule has 0 aliphatic carbocycles. The number of carbonyl (C=O) groups excluding carboxylic acids is 1. The number of likely N-dealkylation sites (N-methyl/N-ethyl adjacent to an activating group) is 1. The Balaban J connectivity index is 2.08. The molecule has 6 heteroatoms. The second kappa shape index (κ2) is 9.57. The number of hydrogen-bond acceptors (Lipinski definition) is 4. The van der Waals surface area contributed by atoms with Gasteiger partial charge in [0, 0.05) is 13.1 Å². The Kier molecular flexibility index (Phi) is 7.45. The molecule has 6 nitrogen and oxygen atoms in total. The molecule has 1 aliphatic heterocycles. The van der Waals surface area contributed by atoms with E-state index in [1.54, 1.807) is 26.0 Å². The number of methoxy groups -OCH3 is 1. The molecule has 0 bridgehead atoms. The van der Waals surface area contributed by atoms with Gasteiger partial charge in [-0.25, -0.2) is 0 Å². The molecule has 0 aromatic heterocycles. The zero-order valence-electron chi connectivity index (χ0n) is 16.0. The van der Waals surface area contributed by atoms with Crippen molar-refractivity contribution in [1.29, 1.82) is 0 Å². The maximum atomic E-state index is 12.9. The minimum absolute atomic E-state index is 0.0628. The highest BCUT2D eigenvalue weighted by atomic mass is 16.5. The second-order valence-electron chi connectivity index (χ2n) is 7.16. The zero-order chi connectivity index (χ0) is 19.1. The van der Waals surface area contributed by atoms with E-state index in [1.807, 2.05) is 29.2 Å². The van der Waals surface area contributed by atoms with Crippen LogP contribution < -0.4 is 4.74 Å². The lowest BCUT2D eigenvalue weighted by molar-refractivity contribution is -0.142. The van der Waals surface area contributed by atoms with E-state index in [4.69, 9.17) is 9.84 Å². The monoisotopic (exact) mass is 362 g/mol. The fourth-order valence-corrected chi connectivity index (χ4v) is 3.51. The van der Waals surface area contributed by atoms with Crippen molar-refractivity contribution in [3.63, 3.8) is 0 Å². The lowest BCUT2D eigenvalue weighted by atomic mass is 10.0. The van der Waals surface area contributed by atoms with E-state index in [2.05, 4.69) is 0 Å². The number of nitrogens with zero attached hydrogens (tertiary/aromatic N) is 2. The maximum absolute atomic E-state index is 12.9. The first-order valence-corrected chi connectivity index (χ1v) is 9.27. The van der Waals surface area contributed by atoms with Crippen LogP contribution >= 0.6 is 0 Å². The molecule has 1 aromatic carbocycles. The van der Waals surface area contributed by atoms with Gasteiger partial charge in [0.25, 0.3) is 0 Å². The zero-order valence-corrected chi connectivity index (χ0v) is 16.0. The second-order valence-corrected chi connectivity index (χ2v) is 7.16. The molecule has 1 N–H and O–H groups in total. The minimum atomic E-state index is -0.838. The van der Waals surface area contributed by atoms with E-state index in [0.717, 1.165) is 43.5 Å². The van der Waals surface area contributed by atoms with Crippen LogP contribution in [0.3, 0.4) is 0 Å². The molecule has 26 heavy (non-hydrogen) atoms. The summed E-state index contributed by atoms with van der Waals surface area (Å²) in [5.74, 6) is -0.458. The van der Waals surface area contributed by atoms with Gasteiger partial charge in [0.2, 0.25) is 5.91 Å². The summed E-state index contributed by atoms with van der Waals surface area (Å²) < 4.78 is 5.23. The Hall–Kier alpha value is -2.08. The van der Waals surface area contributed by atoms with Crippen LogP contribution in [0.5, 0.6) is 5.75 Å². The standard InChI is InChI=1S/C20H30N2O4/c1-15(20(24)25)13-21(2)14-19(23)22-12-6-4-5-7-18(22)16-8-10-17(26-3)11-9-16/h8-11,15,18H,4-7,12-14H2,1-3H3,(H,24,25). The van der Waals surface area contributed by atoms with Crippen LogP contribution in [0.2, 0.25) is 0 Å². The Morgan fingerprint density at radius 2 is 1.96 bits per heavy atom. The lowest BCUT2D eigenvalue weighted by Gasteiger charge is -2.32. The van der Waals surface area contributed by atoms with Crippen LogP contribution in [0.25, 0.3) is 0 Å². The smallest absolute Gasteiger partial charge is 0.307 e. The molecule has 144 valence electrons. The Bertz CT molecular complexity index is 602. The predicted octanol–water partition coefficient (Wildman–Crippen LogP) is 2.79. The molecule has 2 atom stereocenters. The van der Waals surface area contributed by atoms with Crippen molar-refractivity contribution < 1.29 is 19.4 Å². The van der Waals surface area contributed by atoms with Gasteiger partial charge in [-0.2, -0.15) is 0 Å². The number of carboxylic acids is 1. The van der Waals surface area contributed by atoms with Gasteiger partial charge in [0.1, 0.15) is 5.75 Å². The van der Waals surface area contributed by atoms with Crippen LogP contribution in [0.15, 0.2) is 24.3 Å². The average Bonchev–Trinajstić information content (AvgIpc) is 2.87. The highest BCUT2D eigenvalue weighted by molar-refractivity contribution is 5.79. The van der Waals surface area contributed by atoms with Crippen molar-refractivity contribution in [2.75, 3.05) is 33.8 Å². The number of rotatable bonds is 7. The van der Waals surface area contributed by atoms with Crippen molar-refractivity contribution in [1.82, 2.24) is 9.80 Å². The summed E-state index contributed by atoms with van der Waals surface area (Å²) in [6.07, 6.45) is 4.19. The number of likely N-dealkylation sites (tertiary alicyclic amines) is 1. The summed E-state index contributed by atoms with van der Waals surface area (Å²) in [6, 6.07) is 8.00. The molecule has 1 aliphatic rings. The van der Waals surface area contributed by atoms with Gasteiger partial charge in [-0.15, -0.1) is 0 Å². The molecule has 1 fully saturated rings. The van der Waals surface area contributed by atoms with E-state index in [0.29, 0.717) is 6.54 Å². The molecule has 1 amide bonds. The van der Waals surface area contributed by atoms with E-state index in [1.165, 1.54) is 0 Å². The number of carbonyl (C=O) groups is 2.